The zero-order valence-corrected chi connectivity index (χ0v) is 11.1. The Morgan fingerprint density at radius 3 is 2.44 bits per heavy atom. The van der Waals surface area contributed by atoms with Crippen molar-refractivity contribution in [1.82, 2.24) is 0 Å². The molecule has 1 rings (SSSR count). The molecule has 0 bridgehead atoms. The van der Waals surface area contributed by atoms with E-state index in [2.05, 4.69) is 10.2 Å². The molecule has 0 radical (unpaired) electrons. The van der Waals surface area contributed by atoms with Gasteiger partial charge in [0.05, 0.1) is 6.61 Å². The lowest BCUT2D eigenvalue weighted by atomic mass is 10.1. The number of carbonyl (C=O) groups is 1. The Labute approximate surface area is 111 Å². The molecule has 0 aromatic heterocycles. The quantitative estimate of drug-likeness (QED) is 0.467. The molecule has 0 unspecified atom stereocenters. The van der Waals surface area contributed by atoms with Crippen LogP contribution < -0.4 is 0 Å². The smallest absolute Gasteiger partial charge is 0.359 e. The molecule has 0 heterocycles. The number of hydrogen-bond donors (Lipinski definition) is 0. The number of hydrogen-bond acceptors (Lipinski definition) is 4. The molecule has 0 aliphatic rings. The first-order valence-electron chi connectivity index (χ1n) is 5.71. The van der Waals surface area contributed by atoms with Crippen molar-refractivity contribution in [1.29, 1.82) is 0 Å². The minimum atomic E-state index is -0.506. The van der Waals surface area contributed by atoms with E-state index in [9.17, 15) is 4.79 Å². The van der Waals surface area contributed by atoms with E-state index in [-0.39, 0.29) is 12.3 Å². The van der Waals surface area contributed by atoms with Crippen molar-refractivity contribution in [3.63, 3.8) is 0 Å². The van der Waals surface area contributed by atoms with Gasteiger partial charge in [0, 0.05) is 5.56 Å². The Kier molecular flexibility index (Phi) is 6.08. The lowest BCUT2D eigenvalue weighted by molar-refractivity contribution is -0.134. The molecule has 4 nitrogen and oxygen atoms in total. The summed E-state index contributed by atoms with van der Waals surface area (Å²) in [5.41, 5.74) is 0.810. The highest BCUT2D eigenvalue weighted by Gasteiger charge is 2.15. The maximum Gasteiger partial charge on any atom is 0.359 e. The largest absolute Gasteiger partial charge is 0.461 e. The number of esters is 1. The number of nitrogens with zero attached hydrogens (tertiary/aromatic N) is 2. The monoisotopic (exact) mass is 266 g/mol. The van der Waals surface area contributed by atoms with Gasteiger partial charge in [-0.2, -0.15) is 0 Å². The van der Waals surface area contributed by atoms with Gasteiger partial charge in [-0.25, -0.2) is 4.79 Å². The Hall–Kier alpha value is -1.68. The molecule has 0 saturated heterocycles. The maximum atomic E-state index is 11.8. The average Bonchev–Trinajstić information content (AvgIpc) is 2.40. The molecule has 0 N–H and O–H groups in total. The van der Waals surface area contributed by atoms with Gasteiger partial charge in [0.1, 0.15) is 5.17 Å². The summed E-state index contributed by atoms with van der Waals surface area (Å²) in [6.07, 6.45) is 0.565. The first-order chi connectivity index (χ1) is 8.69. The van der Waals surface area contributed by atoms with E-state index in [4.69, 9.17) is 16.3 Å². The van der Waals surface area contributed by atoms with E-state index in [0.29, 0.717) is 17.2 Å². The molecule has 0 spiro atoms. The molecule has 0 aliphatic heterocycles. The zero-order chi connectivity index (χ0) is 13.4. The van der Waals surface area contributed by atoms with E-state index in [1.807, 2.05) is 25.1 Å². The standard InChI is InChI=1S/C13H15ClN2O2/c1-3-11(14)15-16-12(13(17)18-4-2)10-8-6-5-7-9-10/h5-9H,3-4H2,1-2H3/b15-11+,16-12-. The van der Waals surface area contributed by atoms with E-state index in [1.165, 1.54) is 0 Å². The Morgan fingerprint density at radius 1 is 1.22 bits per heavy atom. The normalized spacial score (nSPS) is 12.4. The van der Waals surface area contributed by atoms with Crippen LogP contribution in [0.4, 0.5) is 0 Å². The third-order valence-corrected chi connectivity index (χ3v) is 2.41. The molecule has 0 aliphatic carbocycles. The molecule has 0 saturated carbocycles. The van der Waals surface area contributed by atoms with E-state index in [0.717, 1.165) is 0 Å². The Bertz CT molecular complexity index is 455. The van der Waals surface area contributed by atoms with Crippen molar-refractivity contribution >= 4 is 28.5 Å². The van der Waals surface area contributed by atoms with Crippen LogP contribution in [-0.4, -0.2) is 23.5 Å². The highest BCUT2D eigenvalue weighted by Crippen LogP contribution is 2.05. The van der Waals surface area contributed by atoms with E-state index >= 15 is 0 Å². The lowest BCUT2D eigenvalue weighted by Gasteiger charge is -2.04. The third-order valence-electron chi connectivity index (χ3n) is 2.07. The summed E-state index contributed by atoms with van der Waals surface area (Å²) in [7, 11) is 0. The number of rotatable bonds is 5. The lowest BCUT2D eigenvalue weighted by Crippen LogP contribution is -2.18. The summed E-state index contributed by atoms with van der Waals surface area (Å²) >= 11 is 5.77. The molecular formula is C13H15ClN2O2. The average molecular weight is 267 g/mol. The van der Waals surface area contributed by atoms with E-state index < -0.39 is 5.97 Å². The van der Waals surface area contributed by atoms with Crippen LogP contribution in [0.3, 0.4) is 0 Å². The Morgan fingerprint density at radius 2 is 1.89 bits per heavy atom. The fourth-order valence-electron chi connectivity index (χ4n) is 1.19. The van der Waals surface area contributed by atoms with Gasteiger partial charge >= 0.3 is 5.97 Å². The number of benzene rings is 1. The predicted molar refractivity (Wildman–Crippen MR) is 73.2 cm³/mol. The SMILES string of the molecule is CCOC(=O)/C(=N\N=C(\Cl)CC)c1ccccc1. The summed E-state index contributed by atoms with van der Waals surface area (Å²) in [6.45, 7) is 3.88. The van der Waals surface area contributed by atoms with Gasteiger partial charge in [0.2, 0.25) is 0 Å². The maximum absolute atomic E-state index is 11.8. The summed E-state index contributed by atoms with van der Waals surface area (Å²) in [6, 6.07) is 9.02. The second-order valence-corrected chi connectivity index (χ2v) is 3.80. The first-order valence-corrected chi connectivity index (χ1v) is 6.09. The summed E-state index contributed by atoms with van der Waals surface area (Å²) in [5, 5.41) is 8.01. The van der Waals surface area contributed by atoms with Crippen LogP contribution in [0.25, 0.3) is 0 Å². The van der Waals surface area contributed by atoms with Crippen LogP contribution in [0.1, 0.15) is 25.8 Å². The highest BCUT2D eigenvalue weighted by molar-refractivity contribution is 6.65. The topological polar surface area (TPSA) is 51.0 Å². The fourth-order valence-corrected chi connectivity index (χ4v) is 1.22. The Balaban J connectivity index is 3.07. The second-order valence-electron chi connectivity index (χ2n) is 3.36. The fraction of sp³-hybridized carbons (Fsp3) is 0.308. The minimum Gasteiger partial charge on any atom is -0.461 e. The number of carbonyl (C=O) groups excluding carboxylic acids is 1. The minimum absolute atomic E-state index is 0.157. The predicted octanol–water partition coefficient (Wildman–Crippen LogP) is 3.00. The van der Waals surface area contributed by atoms with Gasteiger partial charge in [-0.05, 0) is 13.3 Å². The zero-order valence-electron chi connectivity index (χ0n) is 10.4. The molecule has 1 aromatic carbocycles. The van der Waals surface area contributed by atoms with Crippen molar-refractivity contribution in [3.05, 3.63) is 35.9 Å². The highest BCUT2D eigenvalue weighted by atomic mass is 35.5. The van der Waals surface area contributed by atoms with Crippen LogP contribution in [0.2, 0.25) is 0 Å². The van der Waals surface area contributed by atoms with Crippen molar-refractivity contribution < 1.29 is 9.53 Å². The molecule has 96 valence electrons. The second kappa shape index (κ2) is 7.61. The molecule has 0 amide bonds. The van der Waals surface area contributed by atoms with Crippen LogP contribution >= 0.6 is 11.6 Å². The molecule has 1 aromatic rings. The molecular weight excluding hydrogens is 252 g/mol. The van der Waals surface area contributed by atoms with Crippen LogP contribution in [-0.2, 0) is 9.53 Å². The van der Waals surface area contributed by atoms with Gasteiger partial charge < -0.3 is 4.74 Å². The molecule has 18 heavy (non-hydrogen) atoms. The number of ether oxygens (including phenoxy) is 1. The third kappa shape index (κ3) is 4.30. The van der Waals surface area contributed by atoms with Crippen LogP contribution in [0.5, 0.6) is 0 Å². The summed E-state index contributed by atoms with van der Waals surface area (Å²) in [4.78, 5) is 11.8. The van der Waals surface area contributed by atoms with Gasteiger partial charge in [-0.3, -0.25) is 0 Å². The first kappa shape index (κ1) is 14.4. The van der Waals surface area contributed by atoms with Crippen molar-refractivity contribution in [2.45, 2.75) is 20.3 Å². The van der Waals surface area contributed by atoms with Gasteiger partial charge in [0.25, 0.3) is 0 Å². The van der Waals surface area contributed by atoms with Gasteiger partial charge in [-0.15, -0.1) is 10.2 Å². The summed E-state index contributed by atoms with van der Waals surface area (Å²) in [5.74, 6) is -0.506. The molecule has 5 heteroatoms. The number of halogens is 1. The van der Waals surface area contributed by atoms with E-state index in [1.54, 1.807) is 19.1 Å². The van der Waals surface area contributed by atoms with Crippen LogP contribution in [0, 0.1) is 0 Å². The summed E-state index contributed by atoms with van der Waals surface area (Å²) < 4.78 is 4.94. The van der Waals surface area contributed by atoms with Crippen molar-refractivity contribution in [2.24, 2.45) is 10.2 Å². The molecule has 0 fully saturated rings. The van der Waals surface area contributed by atoms with Crippen LogP contribution in [0.15, 0.2) is 40.5 Å². The van der Waals surface area contributed by atoms with Crippen molar-refractivity contribution in [2.75, 3.05) is 6.61 Å². The van der Waals surface area contributed by atoms with Crippen molar-refractivity contribution in [3.8, 4) is 0 Å². The van der Waals surface area contributed by atoms with Gasteiger partial charge in [0.15, 0.2) is 5.71 Å². The molecule has 0 atom stereocenters. The van der Waals surface area contributed by atoms with Gasteiger partial charge in [-0.1, -0.05) is 48.9 Å².